The van der Waals surface area contributed by atoms with E-state index < -0.39 is 52.1 Å². The van der Waals surface area contributed by atoms with Crippen molar-refractivity contribution in [3.63, 3.8) is 0 Å². The quantitative estimate of drug-likeness (QED) is 0.259. The van der Waals surface area contributed by atoms with Crippen molar-refractivity contribution < 1.29 is 35.5 Å². The molecule has 1 saturated carbocycles. The van der Waals surface area contributed by atoms with E-state index in [0.29, 0.717) is 30.2 Å². The average molecular weight is 539 g/mol. The summed E-state index contributed by atoms with van der Waals surface area (Å²) in [6.07, 6.45) is 2.99. The van der Waals surface area contributed by atoms with Crippen LogP contribution in [0.15, 0.2) is 42.5 Å². The molecule has 0 atom stereocenters. The molecule has 8 heteroatoms. The molecule has 3 aromatic carbocycles. The van der Waals surface area contributed by atoms with Crippen molar-refractivity contribution in [3.05, 3.63) is 88.2 Å². The highest BCUT2D eigenvalue weighted by Crippen LogP contribution is 2.40. The number of hydrogen-bond donors (Lipinski definition) is 0. The van der Waals surface area contributed by atoms with E-state index in [4.69, 9.17) is 0 Å². The van der Waals surface area contributed by atoms with Crippen molar-refractivity contribution in [1.82, 2.24) is 0 Å². The predicted octanol–water partition coefficient (Wildman–Crippen LogP) is 9.95. The van der Waals surface area contributed by atoms with Gasteiger partial charge in [0.2, 0.25) is 0 Å². The highest BCUT2D eigenvalue weighted by Gasteiger charge is 2.41. The Hall–Kier alpha value is -3.03. The molecule has 0 bridgehead atoms. The number of unbranched alkanes of at least 4 members (excludes halogenated alkanes) is 1. The fraction of sp³-hybridized carbons (Fsp3) is 0.400. The topological polar surface area (TPSA) is 9.23 Å². The Morgan fingerprint density at radius 3 is 1.95 bits per heavy atom. The van der Waals surface area contributed by atoms with Crippen molar-refractivity contribution in [1.29, 1.82) is 0 Å². The maximum absolute atomic E-state index is 15.0. The summed E-state index contributed by atoms with van der Waals surface area (Å²) >= 11 is 0. The second-order valence-electron chi connectivity index (χ2n) is 10.0. The molecule has 4 rings (SSSR count). The van der Waals surface area contributed by atoms with E-state index in [1.54, 1.807) is 6.07 Å². The van der Waals surface area contributed by atoms with Crippen LogP contribution in [-0.4, -0.2) is 0 Å². The van der Waals surface area contributed by atoms with Gasteiger partial charge in [0.1, 0.15) is 40.4 Å². The summed E-state index contributed by atoms with van der Waals surface area (Å²) in [6.45, 7) is 3.26. The smallest absolute Gasteiger partial charge is 0.429 e. The van der Waals surface area contributed by atoms with E-state index in [2.05, 4.69) is 11.7 Å². The van der Waals surface area contributed by atoms with Gasteiger partial charge in [-0.05, 0) is 73.8 Å². The molecule has 0 spiro atoms. The Bertz CT molecular complexity index is 1250. The maximum Gasteiger partial charge on any atom is 0.432 e. The van der Waals surface area contributed by atoms with Crippen LogP contribution in [0.4, 0.5) is 30.7 Å². The van der Waals surface area contributed by atoms with Gasteiger partial charge in [-0.2, -0.15) is 8.78 Å². The third-order valence-electron chi connectivity index (χ3n) is 7.42. The molecule has 0 unspecified atom stereocenters. The number of rotatable bonds is 8. The van der Waals surface area contributed by atoms with Gasteiger partial charge in [-0.3, -0.25) is 0 Å². The lowest BCUT2D eigenvalue weighted by Crippen LogP contribution is -2.25. The summed E-state index contributed by atoms with van der Waals surface area (Å²) in [5.41, 5.74) is -1.77. The molecule has 0 radical (unpaired) electrons. The number of alkyl halides is 2. The number of ether oxygens (including phenoxy) is 1. The zero-order valence-corrected chi connectivity index (χ0v) is 21.2. The Kier molecular flexibility index (Phi) is 8.38. The second-order valence-corrected chi connectivity index (χ2v) is 10.0. The van der Waals surface area contributed by atoms with E-state index in [1.165, 1.54) is 25.0 Å². The summed E-state index contributed by atoms with van der Waals surface area (Å²) in [5.74, 6) is -6.47. The molecule has 0 aromatic heterocycles. The highest BCUT2D eigenvalue weighted by atomic mass is 19.3. The predicted molar refractivity (Wildman–Crippen MR) is 132 cm³/mol. The highest BCUT2D eigenvalue weighted by molar-refractivity contribution is 5.65. The Balaban J connectivity index is 1.54. The summed E-state index contributed by atoms with van der Waals surface area (Å²) in [7, 11) is 0. The first-order valence-electron chi connectivity index (χ1n) is 12.8. The molecule has 38 heavy (non-hydrogen) atoms. The van der Waals surface area contributed by atoms with Crippen LogP contribution >= 0.6 is 0 Å². The summed E-state index contributed by atoms with van der Waals surface area (Å²) < 4.78 is 106. The molecule has 1 fully saturated rings. The maximum atomic E-state index is 15.0. The number of hydrogen-bond acceptors (Lipinski definition) is 1. The molecule has 3 aromatic rings. The van der Waals surface area contributed by atoms with Crippen LogP contribution in [-0.2, 0) is 6.11 Å². The van der Waals surface area contributed by atoms with Gasteiger partial charge in [0.25, 0.3) is 0 Å². The molecule has 0 saturated heterocycles. The van der Waals surface area contributed by atoms with Gasteiger partial charge in [0.15, 0.2) is 0 Å². The molecular weight excluding hydrogens is 509 g/mol. The fourth-order valence-electron chi connectivity index (χ4n) is 5.18. The SMILES string of the molecule is CCCCC1CCC(c2ccc(-c3cc(F)c(C(F)(F)Oc4cc(F)c(C)c(F)c4)c(F)c3)c(F)c2)CC1. The van der Waals surface area contributed by atoms with Crippen LogP contribution in [0.5, 0.6) is 5.75 Å². The lowest BCUT2D eigenvalue weighted by molar-refractivity contribution is -0.189. The van der Waals surface area contributed by atoms with Crippen LogP contribution in [0.2, 0.25) is 0 Å². The van der Waals surface area contributed by atoms with Crippen molar-refractivity contribution >= 4 is 0 Å². The monoisotopic (exact) mass is 538 g/mol. The zero-order chi connectivity index (χ0) is 27.6. The Morgan fingerprint density at radius 2 is 1.39 bits per heavy atom. The van der Waals surface area contributed by atoms with Crippen molar-refractivity contribution in [2.75, 3.05) is 0 Å². The minimum Gasteiger partial charge on any atom is -0.429 e. The van der Waals surface area contributed by atoms with Gasteiger partial charge in [0, 0.05) is 23.3 Å². The van der Waals surface area contributed by atoms with Crippen LogP contribution in [0.25, 0.3) is 11.1 Å². The molecule has 0 heterocycles. The van der Waals surface area contributed by atoms with Crippen molar-refractivity contribution in [2.24, 2.45) is 5.92 Å². The van der Waals surface area contributed by atoms with Crippen LogP contribution in [0.1, 0.15) is 74.5 Å². The third-order valence-corrected chi connectivity index (χ3v) is 7.42. The van der Waals surface area contributed by atoms with Crippen molar-refractivity contribution in [2.45, 2.75) is 70.8 Å². The molecular formula is C30H29F7O. The van der Waals surface area contributed by atoms with E-state index in [0.717, 1.165) is 44.6 Å². The fourth-order valence-corrected chi connectivity index (χ4v) is 5.18. The normalized spacial score (nSPS) is 18.0. The lowest BCUT2D eigenvalue weighted by Gasteiger charge is -2.29. The summed E-state index contributed by atoms with van der Waals surface area (Å²) in [5, 5.41) is 0. The van der Waals surface area contributed by atoms with Crippen LogP contribution < -0.4 is 4.74 Å². The second kappa shape index (κ2) is 11.4. The average Bonchev–Trinajstić information content (AvgIpc) is 2.85. The molecule has 0 aliphatic heterocycles. The molecule has 0 N–H and O–H groups in total. The van der Waals surface area contributed by atoms with Gasteiger partial charge in [-0.15, -0.1) is 0 Å². The van der Waals surface area contributed by atoms with Gasteiger partial charge >= 0.3 is 6.11 Å². The van der Waals surface area contributed by atoms with Crippen LogP contribution in [0.3, 0.4) is 0 Å². The van der Waals surface area contributed by atoms with E-state index >= 15 is 4.39 Å². The summed E-state index contributed by atoms with van der Waals surface area (Å²) in [6, 6.07) is 6.60. The Labute approximate surface area is 217 Å². The molecule has 1 nitrogen and oxygen atoms in total. The first-order chi connectivity index (χ1) is 18.0. The van der Waals surface area contributed by atoms with Gasteiger partial charge in [-0.1, -0.05) is 38.3 Å². The van der Waals surface area contributed by atoms with Gasteiger partial charge in [-0.25, -0.2) is 22.0 Å². The van der Waals surface area contributed by atoms with E-state index in [9.17, 15) is 26.3 Å². The van der Waals surface area contributed by atoms with Crippen LogP contribution in [0, 0.1) is 41.9 Å². The minimum absolute atomic E-state index is 0.137. The largest absolute Gasteiger partial charge is 0.432 e. The molecule has 0 amide bonds. The minimum atomic E-state index is -4.60. The standard InChI is InChI=1S/C30H29F7O/c1-3-4-5-18-6-8-19(9-7-18)20-10-11-23(26(33)12-20)21-13-27(34)29(28(35)14-21)30(36,37)38-22-15-24(31)17(2)25(32)16-22/h10-16,18-19H,3-9H2,1-2H3. The zero-order valence-electron chi connectivity index (χ0n) is 21.2. The lowest BCUT2D eigenvalue weighted by atomic mass is 9.77. The third kappa shape index (κ3) is 6.00. The van der Waals surface area contributed by atoms with Crippen molar-refractivity contribution in [3.8, 4) is 16.9 Å². The first-order valence-corrected chi connectivity index (χ1v) is 12.8. The van der Waals surface area contributed by atoms with E-state index in [-0.39, 0.29) is 17.0 Å². The summed E-state index contributed by atoms with van der Waals surface area (Å²) in [4.78, 5) is 0. The Morgan fingerprint density at radius 1 is 0.789 bits per heavy atom. The molecule has 1 aliphatic carbocycles. The number of halogens is 7. The molecule has 204 valence electrons. The van der Waals surface area contributed by atoms with Gasteiger partial charge < -0.3 is 4.74 Å². The molecule has 1 aliphatic rings. The van der Waals surface area contributed by atoms with E-state index in [1.807, 2.05) is 0 Å². The van der Waals surface area contributed by atoms with Gasteiger partial charge in [0.05, 0.1) is 0 Å². The number of benzene rings is 3. The first kappa shape index (κ1) is 28.0.